The minimum absolute atomic E-state index is 0.132. The number of para-hydroxylation sites is 1. The first kappa shape index (κ1) is 23.4. The molecule has 0 bridgehead atoms. The quantitative estimate of drug-likeness (QED) is 0.522. The van der Waals surface area contributed by atoms with Crippen LogP contribution < -0.4 is 5.73 Å². The number of nitrogens with two attached hydrogens (primary N) is 1. The number of aromatic nitrogens is 1. The van der Waals surface area contributed by atoms with Crippen molar-refractivity contribution < 1.29 is 14.3 Å². The van der Waals surface area contributed by atoms with Gasteiger partial charge in [-0.3, -0.25) is 4.79 Å². The average Bonchev–Trinajstić information content (AvgIpc) is 3.22. The van der Waals surface area contributed by atoms with Gasteiger partial charge in [-0.25, -0.2) is 4.79 Å². The number of carbonyl (C=O) groups is 2. The molecule has 4 rings (SSSR count). The number of primary amides is 1. The zero-order valence-corrected chi connectivity index (χ0v) is 18.9. The number of urea groups is 1. The number of nitrogens with zero attached hydrogens (tertiary/aromatic N) is 1. The predicted octanol–water partition coefficient (Wildman–Crippen LogP) is 5.17. The van der Waals surface area contributed by atoms with Crippen molar-refractivity contribution in [2.45, 2.75) is 26.2 Å². The van der Waals surface area contributed by atoms with Gasteiger partial charge < -0.3 is 20.4 Å². The molecule has 0 radical (unpaired) electrons. The number of carbonyl (C=O) groups excluding carboxylic acids is 2. The van der Waals surface area contributed by atoms with Crippen LogP contribution >= 0.6 is 11.6 Å². The Morgan fingerprint density at radius 3 is 2.56 bits per heavy atom. The van der Waals surface area contributed by atoms with Crippen LogP contribution in [0.5, 0.6) is 0 Å². The molecule has 3 aromatic rings. The van der Waals surface area contributed by atoms with Crippen molar-refractivity contribution in [1.29, 1.82) is 0 Å². The Labute approximate surface area is 193 Å². The maximum Gasteiger partial charge on any atom is 0.315 e. The summed E-state index contributed by atoms with van der Waals surface area (Å²) in [5.74, 6) is -0.132. The highest BCUT2D eigenvalue weighted by molar-refractivity contribution is 6.30. The number of fused-ring (bicyclic) bond motifs is 1. The second kappa shape index (κ2) is 11.4. The van der Waals surface area contributed by atoms with Crippen LogP contribution in [0.1, 0.15) is 30.9 Å². The van der Waals surface area contributed by atoms with Gasteiger partial charge in [0.2, 0.25) is 0 Å². The van der Waals surface area contributed by atoms with Crippen LogP contribution in [0.3, 0.4) is 0 Å². The molecule has 7 heteroatoms. The highest BCUT2D eigenvalue weighted by Crippen LogP contribution is 2.23. The molecular formula is C25H28ClN3O3. The van der Waals surface area contributed by atoms with Gasteiger partial charge in [0.25, 0.3) is 0 Å². The summed E-state index contributed by atoms with van der Waals surface area (Å²) in [6.07, 6.45) is 6.00. The Morgan fingerprint density at radius 1 is 1.16 bits per heavy atom. The number of esters is 1. The zero-order chi connectivity index (χ0) is 22.9. The number of H-pyrrole nitrogens is 1. The van der Waals surface area contributed by atoms with Gasteiger partial charge in [-0.15, -0.1) is 0 Å². The number of rotatable bonds is 5. The van der Waals surface area contributed by atoms with E-state index in [9.17, 15) is 9.59 Å². The first-order valence-electron chi connectivity index (χ1n) is 10.7. The van der Waals surface area contributed by atoms with E-state index in [0.29, 0.717) is 26.1 Å². The van der Waals surface area contributed by atoms with Gasteiger partial charge in [-0.05, 0) is 54.7 Å². The average molecular weight is 454 g/mol. The molecule has 1 aliphatic rings. The van der Waals surface area contributed by atoms with E-state index in [2.05, 4.69) is 11.1 Å². The maximum absolute atomic E-state index is 11.2. The van der Waals surface area contributed by atoms with Gasteiger partial charge >= 0.3 is 12.0 Å². The van der Waals surface area contributed by atoms with Crippen molar-refractivity contribution >= 4 is 40.1 Å². The van der Waals surface area contributed by atoms with Crippen LogP contribution in [-0.4, -0.2) is 41.6 Å². The summed E-state index contributed by atoms with van der Waals surface area (Å²) in [7, 11) is 0. The summed E-state index contributed by atoms with van der Waals surface area (Å²) in [4.78, 5) is 27.0. The maximum atomic E-state index is 11.2. The monoisotopic (exact) mass is 453 g/mol. The lowest BCUT2D eigenvalue weighted by molar-refractivity contribution is -0.143. The molecule has 2 heterocycles. The van der Waals surface area contributed by atoms with Crippen molar-refractivity contribution in [3.63, 3.8) is 0 Å². The summed E-state index contributed by atoms with van der Waals surface area (Å²) in [6.45, 7) is 3.55. The highest BCUT2D eigenvalue weighted by Gasteiger charge is 2.15. The van der Waals surface area contributed by atoms with E-state index in [1.807, 2.05) is 61.7 Å². The summed E-state index contributed by atoms with van der Waals surface area (Å²) in [5, 5.41) is 1.92. The van der Waals surface area contributed by atoms with Crippen LogP contribution in [0, 0.1) is 0 Å². The Bertz CT molecular complexity index is 1090. The van der Waals surface area contributed by atoms with E-state index in [0.717, 1.165) is 28.9 Å². The molecule has 1 aromatic heterocycles. The third kappa shape index (κ3) is 6.37. The van der Waals surface area contributed by atoms with Gasteiger partial charge in [-0.1, -0.05) is 48.0 Å². The topological polar surface area (TPSA) is 88.4 Å². The molecule has 2 aromatic carbocycles. The van der Waals surface area contributed by atoms with E-state index < -0.39 is 0 Å². The summed E-state index contributed by atoms with van der Waals surface area (Å²) < 4.78 is 4.90. The number of hydrogen-bond acceptors (Lipinski definition) is 3. The smallest absolute Gasteiger partial charge is 0.315 e. The molecule has 0 saturated carbocycles. The minimum Gasteiger partial charge on any atom is -0.466 e. The first-order valence-corrected chi connectivity index (χ1v) is 11.1. The molecule has 3 N–H and O–H groups in total. The molecular weight excluding hydrogens is 426 g/mol. The number of hydrogen-bond donors (Lipinski definition) is 2. The summed E-state index contributed by atoms with van der Waals surface area (Å²) in [6, 6.07) is 15.5. The van der Waals surface area contributed by atoms with Gasteiger partial charge in [0.1, 0.15) is 0 Å². The van der Waals surface area contributed by atoms with Crippen LogP contribution in [0.4, 0.5) is 4.79 Å². The van der Waals surface area contributed by atoms with Crippen LogP contribution in [0.25, 0.3) is 16.5 Å². The minimum atomic E-state index is -0.355. The van der Waals surface area contributed by atoms with E-state index in [1.165, 1.54) is 16.5 Å². The molecule has 0 fully saturated rings. The largest absolute Gasteiger partial charge is 0.466 e. The third-order valence-corrected chi connectivity index (χ3v) is 5.57. The fraction of sp³-hybridized carbons (Fsp3) is 0.280. The molecule has 1 aliphatic heterocycles. The molecule has 32 heavy (non-hydrogen) atoms. The normalized spacial score (nSPS) is 13.2. The van der Waals surface area contributed by atoms with Crippen molar-refractivity contribution in [3.05, 3.63) is 77.0 Å². The van der Waals surface area contributed by atoms with Crippen molar-refractivity contribution in [2.24, 2.45) is 5.73 Å². The molecule has 0 saturated heterocycles. The number of amides is 2. The van der Waals surface area contributed by atoms with Gasteiger partial charge in [0.15, 0.2) is 0 Å². The molecule has 2 amide bonds. The number of halogens is 1. The molecule has 0 unspecified atom stereocenters. The standard InChI is InChI=1S/C13H15NO2.C12H13ClN2O/c1-2-16-13(15)8-7-10-9-14-12-6-4-3-5-11(10)12;13-11-3-1-9(2-4-11)10-5-7-15(8-6-10)12(14)16/h3-6,9,14H,2,7-8H2,1H3;1-5H,6-8H2,(H2,14,16). The lowest BCUT2D eigenvalue weighted by Crippen LogP contribution is -2.38. The number of aromatic amines is 1. The van der Waals surface area contributed by atoms with Crippen molar-refractivity contribution in [3.8, 4) is 0 Å². The Morgan fingerprint density at radius 2 is 1.91 bits per heavy atom. The molecule has 0 atom stereocenters. The summed E-state index contributed by atoms with van der Waals surface area (Å²) in [5.41, 5.74) is 9.90. The fourth-order valence-electron chi connectivity index (χ4n) is 3.60. The van der Waals surface area contributed by atoms with Crippen LogP contribution in [0.15, 0.2) is 60.8 Å². The second-order valence-corrected chi connectivity index (χ2v) is 7.87. The van der Waals surface area contributed by atoms with Crippen LogP contribution in [0.2, 0.25) is 5.02 Å². The van der Waals surface area contributed by atoms with Crippen molar-refractivity contribution in [2.75, 3.05) is 19.7 Å². The summed E-state index contributed by atoms with van der Waals surface area (Å²) >= 11 is 5.83. The van der Waals surface area contributed by atoms with E-state index in [4.69, 9.17) is 22.1 Å². The second-order valence-electron chi connectivity index (χ2n) is 7.44. The van der Waals surface area contributed by atoms with Gasteiger partial charge in [0, 0.05) is 41.6 Å². The lowest BCUT2D eigenvalue weighted by Gasteiger charge is -2.24. The SMILES string of the molecule is CCOC(=O)CCc1c[nH]c2ccccc12.NC(=O)N1CC=C(c2ccc(Cl)cc2)CC1. The van der Waals surface area contributed by atoms with Crippen molar-refractivity contribution in [1.82, 2.24) is 9.88 Å². The molecule has 0 aliphatic carbocycles. The highest BCUT2D eigenvalue weighted by atomic mass is 35.5. The van der Waals surface area contributed by atoms with E-state index >= 15 is 0 Å². The molecule has 0 spiro atoms. The third-order valence-electron chi connectivity index (χ3n) is 5.31. The first-order chi connectivity index (χ1) is 15.5. The fourth-order valence-corrected chi connectivity index (χ4v) is 3.73. The number of benzene rings is 2. The molecule has 6 nitrogen and oxygen atoms in total. The van der Waals surface area contributed by atoms with E-state index in [1.54, 1.807) is 4.90 Å². The van der Waals surface area contributed by atoms with Gasteiger partial charge in [0.05, 0.1) is 6.61 Å². The van der Waals surface area contributed by atoms with Gasteiger partial charge in [-0.2, -0.15) is 0 Å². The number of ether oxygens (including phenoxy) is 1. The zero-order valence-electron chi connectivity index (χ0n) is 18.1. The Hall–Kier alpha value is -3.25. The Balaban J connectivity index is 0.000000181. The predicted molar refractivity (Wildman–Crippen MR) is 128 cm³/mol. The number of aryl methyl sites for hydroxylation is 1. The Kier molecular flexibility index (Phi) is 8.34. The van der Waals surface area contributed by atoms with Crippen LogP contribution in [-0.2, 0) is 16.0 Å². The number of nitrogens with one attached hydrogen (secondary N) is 1. The lowest BCUT2D eigenvalue weighted by atomic mass is 10.00. The molecule has 168 valence electrons. The van der Waals surface area contributed by atoms with E-state index in [-0.39, 0.29) is 12.0 Å².